The number of carbonyl (C=O) groups is 2. The summed E-state index contributed by atoms with van der Waals surface area (Å²) in [6.07, 6.45) is 1.79. The number of amides is 2. The third kappa shape index (κ3) is 1.86. The van der Waals surface area contributed by atoms with Crippen LogP contribution < -0.4 is 0 Å². The molecule has 2 rings (SSSR count). The first-order valence-electron chi connectivity index (χ1n) is 5.42. The van der Waals surface area contributed by atoms with Gasteiger partial charge in [-0.2, -0.15) is 0 Å². The molecule has 0 aromatic carbocycles. The molecule has 1 aromatic rings. The number of nitrogens with one attached hydrogen (secondary N) is 1. The molecule has 6 nitrogen and oxygen atoms in total. The number of likely N-dealkylation sites (N-methyl/N-ethyl adjacent to an activating group) is 1. The lowest BCUT2D eigenvalue weighted by atomic mass is 10.2. The predicted molar refractivity (Wildman–Crippen MR) is 60.5 cm³/mol. The summed E-state index contributed by atoms with van der Waals surface area (Å²) in [6, 6.07) is 2.59. The number of carboxylic acids is 1. The summed E-state index contributed by atoms with van der Waals surface area (Å²) < 4.78 is 0. The Kier molecular flexibility index (Phi) is 2.79. The molecule has 0 saturated carbocycles. The minimum atomic E-state index is -0.987. The smallest absolute Gasteiger partial charge is 0.326 e. The summed E-state index contributed by atoms with van der Waals surface area (Å²) in [5.41, 5.74) is 0.918. The van der Waals surface area contributed by atoms with E-state index in [4.69, 9.17) is 5.11 Å². The summed E-state index contributed by atoms with van der Waals surface area (Å²) in [6.45, 7) is 1.91. The summed E-state index contributed by atoms with van der Waals surface area (Å²) in [5.74, 6) is -0.987. The number of aliphatic carboxylic acids is 1. The van der Waals surface area contributed by atoms with E-state index in [0.29, 0.717) is 6.54 Å². The molecular formula is C11H15N3O3. The molecule has 2 N–H and O–H groups in total. The van der Waals surface area contributed by atoms with Gasteiger partial charge in [-0.15, -0.1) is 0 Å². The van der Waals surface area contributed by atoms with Gasteiger partial charge in [0.1, 0.15) is 6.04 Å². The van der Waals surface area contributed by atoms with Gasteiger partial charge in [0.2, 0.25) is 0 Å². The van der Waals surface area contributed by atoms with Crippen molar-refractivity contribution in [2.24, 2.45) is 0 Å². The minimum Gasteiger partial charge on any atom is -0.480 e. The van der Waals surface area contributed by atoms with Gasteiger partial charge < -0.3 is 19.9 Å². The Morgan fingerprint density at radius 1 is 1.65 bits per heavy atom. The Labute approximate surface area is 98.8 Å². The van der Waals surface area contributed by atoms with Gasteiger partial charge >= 0.3 is 12.0 Å². The summed E-state index contributed by atoms with van der Waals surface area (Å²) in [7, 11) is 1.68. The van der Waals surface area contributed by atoms with Crippen LogP contribution in [0, 0.1) is 0 Å². The summed E-state index contributed by atoms with van der Waals surface area (Å²) in [4.78, 5) is 28.8. The number of hydrogen-bond acceptors (Lipinski definition) is 2. The van der Waals surface area contributed by atoms with Gasteiger partial charge in [-0.05, 0) is 19.1 Å². The van der Waals surface area contributed by atoms with Gasteiger partial charge in [0.15, 0.2) is 0 Å². The van der Waals surface area contributed by atoms with Crippen molar-refractivity contribution in [1.82, 2.24) is 14.8 Å². The monoisotopic (exact) mass is 237 g/mol. The van der Waals surface area contributed by atoms with Gasteiger partial charge in [-0.25, -0.2) is 9.59 Å². The quantitative estimate of drug-likeness (QED) is 0.819. The molecule has 6 heteroatoms. The highest BCUT2D eigenvalue weighted by molar-refractivity contribution is 5.84. The van der Waals surface area contributed by atoms with Crippen molar-refractivity contribution in [2.75, 3.05) is 13.6 Å². The molecule has 2 unspecified atom stereocenters. The maximum Gasteiger partial charge on any atom is 0.326 e. The highest BCUT2D eigenvalue weighted by atomic mass is 16.4. The Morgan fingerprint density at radius 2 is 2.35 bits per heavy atom. The Bertz CT molecular complexity index is 429. The van der Waals surface area contributed by atoms with Gasteiger partial charge in [0, 0.05) is 25.5 Å². The lowest BCUT2D eigenvalue weighted by Crippen LogP contribution is -2.41. The van der Waals surface area contributed by atoms with E-state index in [9.17, 15) is 9.59 Å². The Balaban J connectivity index is 2.20. The third-order valence-corrected chi connectivity index (χ3v) is 3.19. The molecule has 0 bridgehead atoms. The summed E-state index contributed by atoms with van der Waals surface area (Å²) in [5, 5.41) is 8.94. The molecule has 1 aromatic heterocycles. The van der Waals surface area contributed by atoms with E-state index in [2.05, 4.69) is 4.98 Å². The first-order chi connectivity index (χ1) is 8.02. The molecule has 0 aliphatic carbocycles. The van der Waals surface area contributed by atoms with Gasteiger partial charge in [0.05, 0.1) is 6.04 Å². The second-order valence-electron chi connectivity index (χ2n) is 4.20. The maximum absolute atomic E-state index is 11.9. The molecule has 17 heavy (non-hydrogen) atoms. The van der Waals surface area contributed by atoms with Crippen LogP contribution in [0.5, 0.6) is 0 Å². The molecule has 1 aliphatic rings. The van der Waals surface area contributed by atoms with E-state index in [1.165, 1.54) is 11.8 Å². The van der Waals surface area contributed by atoms with Crippen LogP contribution in [0.3, 0.4) is 0 Å². The number of carboxylic acid groups (broad SMARTS) is 1. The zero-order chi connectivity index (χ0) is 12.6. The molecule has 2 amide bonds. The molecule has 2 heterocycles. The van der Waals surface area contributed by atoms with Crippen LogP contribution in [0.2, 0.25) is 0 Å². The van der Waals surface area contributed by atoms with E-state index in [1.54, 1.807) is 18.1 Å². The number of nitrogens with zero attached hydrogens (tertiary/aromatic N) is 2. The fourth-order valence-corrected chi connectivity index (χ4v) is 2.04. The predicted octanol–water partition coefficient (Wildman–Crippen LogP) is 0.896. The van der Waals surface area contributed by atoms with E-state index < -0.39 is 12.0 Å². The SMILES string of the molecule is CC(C(=O)O)N1CC(c2ccc[nH]2)N(C)C1=O. The molecule has 1 fully saturated rings. The molecular weight excluding hydrogens is 222 g/mol. The Morgan fingerprint density at radius 3 is 2.88 bits per heavy atom. The van der Waals surface area contributed by atoms with E-state index in [-0.39, 0.29) is 12.1 Å². The number of rotatable bonds is 3. The van der Waals surface area contributed by atoms with Crippen molar-refractivity contribution in [2.45, 2.75) is 19.0 Å². The minimum absolute atomic E-state index is 0.112. The molecule has 0 spiro atoms. The van der Waals surface area contributed by atoms with E-state index in [1.807, 2.05) is 12.1 Å². The van der Waals surface area contributed by atoms with Crippen molar-refractivity contribution in [3.63, 3.8) is 0 Å². The second-order valence-corrected chi connectivity index (χ2v) is 4.20. The normalized spacial score (nSPS) is 22.0. The van der Waals surface area contributed by atoms with Crippen molar-refractivity contribution < 1.29 is 14.7 Å². The van der Waals surface area contributed by atoms with Crippen LogP contribution in [-0.2, 0) is 4.79 Å². The number of aromatic nitrogens is 1. The van der Waals surface area contributed by atoms with Gasteiger partial charge in [0.25, 0.3) is 0 Å². The fraction of sp³-hybridized carbons (Fsp3) is 0.455. The lowest BCUT2D eigenvalue weighted by molar-refractivity contribution is -0.141. The zero-order valence-corrected chi connectivity index (χ0v) is 9.75. The van der Waals surface area contributed by atoms with Crippen LogP contribution in [-0.4, -0.2) is 51.5 Å². The highest BCUT2D eigenvalue weighted by Gasteiger charge is 2.40. The second kappa shape index (κ2) is 4.12. The van der Waals surface area contributed by atoms with Crippen LogP contribution in [0.25, 0.3) is 0 Å². The first kappa shape index (κ1) is 11.5. The zero-order valence-electron chi connectivity index (χ0n) is 9.75. The first-order valence-corrected chi connectivity index (χ1v) is 5.42. The largest absolute Gasteiger partial charge is 0.480 e. The topological polar surface area (TPSA) is 76.6 Å². The van der Waals surface area contributed by atoms with Crippen molar-refractivity contribution in [3.05, 3.63) is 24.0 Å². The lowest BCUT2D eigenvalue weighted by Gasteiger charge is -2.19. The third-order valence-electron chi connectivity index (χ3n) is 3.19. The van der Waals surface area contributed by atoms with Crippen molar-refractivity contribution >= 4 is 12.0 Å². The van der Waals surface area contributed by atoms with Crippen molar-refractivity contribution in [3.8, 4) is 0 Å². The average molecular weight is 237 g/mol. The standard InChI is InChI=1S/C11H15N3O3/c1-7(10(15)16)14-6-9(13(2)11(14)17)8-4-3-5-12-8/h3-5,7,9,12H,6H2,1-2H3,(H,15,16). The molecule has 1 saturated heterocycles. The number of aromatic amines is 1. The van der Waals surface area contributed by atoms with Gasteiger partial charge in [-0.1, -0.05) is 0 Å². The highest BCUT2D eigenvalue weighted by Crippen LogP contribution is 2.28. The molecule has 2 atom stereocenters. The van der Waals surface area contributed by atoms with Crippen LogP contribution in [0.4, 0.5) is 4.79 Å². The van der Waals surface area contributed by atoms with Gasteiger partial charge in [-0.3, -0.25) is 0 Å². The van der Waals surface area contributed by atoms with Crippen molar-refractivity contribution in [1.29, 1.82) is 0 Å². The molecule has 92 valence electrons. The molecule has 0 radical (unpaired) electrons. The van der Waals surface area contributed by atoms with Crippen LogP contribution >= 0.6 is 0 Å². The average Bonchev–Trinajstić information content (AvgIpc) is 2.89. The van der Waals surface area contributed by atoms with Crippen LogP contribution in [0.1, 0.15) is 18.7 Å². The Hall–Kier alpha value is -1.98. The van der Waals surface area contributed by atoms with E-state index >= 15 is 0 Å². The number of hydrogen-bond donors (Lipinski definition) is 2. The fourth-order valence-electron chi connectivity index (χ4n) is 2.04. The number of carbonyl (C=O) groups excluding carboxylic acids is 1. The van der Waals surface area contributed by atoms with Crippen LogP contribution in [0.15, 0.2) is 18.3 Å². The molecule has 1 aliphatic heterocycles. The van der Waals surface area contributed by atoms with E-state index in [0.717, 1.165) is 5.69 Å². The maximum atomic E-state index is 11.9. The summed E-state index contributed by atoms with van der Waals surface area (Å²) >= 11 is 0. The number of urea groups is 1. The number of H-pyrrole nitrogens is 1.